The minimum Gasteiger partial charge on any atom is -0.341 e. The van der Waals surface area contributed by atoms with Crippen LogP contribution in [0.5, 0.6) is 0 Å². The summed E-state index contributed by atoms with van der Waals surface area (Å²) in [6.07, 6.45) is 1.02. The van der Waals surface area contributed by atoms with Crippen LogP contribution in [0.3, 0.4) is 0 Å². The molecule has 3 aromatic rings. The van der Waals surface area contributed by atoms with Crippen molar-refractivity contribution in [1.82, 2.24) is 19.7 Å². The molecule has 108 valence electrons. The molecular weight excluding hydrogens is 266 g/mol. The smallest absolute Gasteiger partial charge is 0.231 e. The van der Waals surface area contributed by atoms with Gasteiger partial charge in [0.25, 0.3) is 0 Å². The predicted molar refractivity (Wildman–Crippen MR) is 79.3 cm³/mol. The molecule has 1 aliphatic rings. The van der Waals surface area contributed by atoms with Crippen LogP contribution in [0.1, 0.15) is 24.1 Å². The second-order valence-electron chi connectivity index (χ2n) is 5.57. The van der Waals surface area contributed by atoms with E-state index in [0.29, 0.717) is 11.7 Å². The monoisotopic (exact) mass is 283 g/mol. The van der Waals surface area contributed by atoms with Crippen molar-refractivity contribution < 1.29 is 4.52 Å². The van der Waals surface area contributed by atoms with E-state index in [1.54, 1.807) is 0 Å². The molecule has 1 atom stereocenters. The molecule has 0 radical (unpaired) electrons. The van der Waals surface area contributed by atoms with E-state index in [0.717, 1.165) is 42.4 Å². The van der Waals surface area contributed by atoms with Crippen molar-refractivity contribution in [1.29, 1.82) is 0 Å². The first-order valence-corrected chi connectivity index (χ1v) is 7.19. The highest BCUT2D eigenvalue weighted by atomic mass is 16.5. The molecule has 0 bridgehead atoms. The average molecular weight is 283 g/mol. The fourth-order valence-electron chi connectivity index (χ4n) is 3.04. The molecule has 6 nitrogen and oxygen atoms in total. The van der Waals surface area contributed by atoms with Crippen LogP contribution in [0.2, 0.25) is 0 Å². The van der Waals surface area contributed by atoms with Gasteiger partial charge in [0.2, 0.25) is 11.8 Å². The molecule has 21 heavy (non-hydrogen) atoms. The van der Waals surface area contributed by atoms with Crippen molar-refractivity contribution in [3.63, 3.8) is 0 Å². The summed E-state index contributed by atoms with van der Waals surface area (Å²) in [5.74, 6) is 2.75. The Balaban J connectivity index is 1.63. The lowest BCUT2D eigenvalue weighted by molar-refractivity contribution is 0.356. The number of anilines is 1. The zero-order chi connectivity index (χ0) is 14.4. The van der Waals surface area contributed by atoms with Crippen LogP contribution < -0.4 is 4.90 Å². The first-order valence-electron chi connectivity index (χ1n) is 7.19. The van der Waals surface area contributed by atoms with Gasteiger partial charge in [-0.05, 0) is 25.5 Å². The Kier molecular flexibility index (Phi) is 2.70. The Labute approximate surface area is 122 Å². The number of imidazole rings is 1. The molecule has 3 heterocycles. The number of benzene rings is 1. The van der Waals surface area contributed by atoms with Crippen LogP contribution in [0.25, 0.3) is 11.0 Å². The fraction of sp³-hybridized carbons (Fsp3) is 0.400. The zero-order valence-electron chi connectivity index (χ0n) is 12.2. The van der Waals surface area contributed by atoms with E-state index in [9.17, 15) is 0 Å². The highest BCUT2D eigenvalue weighted by Gasteiger charge is 2.30. The molecule has 1 aliphatic heterocycles. The lowest BCUT2D eigenvalue weighted by atomic mass is 10.1. The predicted octanol–water partition coefficient (Wildman–Crippen LogP) is 2.26. The molecule has 2 aromatic heterocycles. The summed E-state index contributed by atoms with van der Waals surface area (Å²) in [6, 6.07) is 8.21. The van der Waals surface area contributed by atoms with E-state index in [-0.39, 0.29) is 0 Å². The zero-order valence-corrected chi connectivity index (χ0v) is 12.2. The van der Waals surface area contributed by atoms with Gasteiger partial charge in [-0.1, -0.05) is 17.3 Å². The molecule has 0 N–H and O–H groups in total. The second kappa shape index (κ2) is 4.58. The fourth-order valence-corrected chi connectivity index (χ4v) is 3.04. The van der Waals surface area contributed by atoms with Gasteiger partial charge in [0.15, 0.2) is 5.82 Å². The first-order chi connectivity index (χ1) is 10.2. The third kappa shape index (κ3) is 1.98. The average Bonchev–Trinajstić information content (AvgIpc) is 3.18. The number of aromatic nitrogens is 4. The standard InChI is InChI=1S/C15H17N5O/c1-10-16-14(21-18-10)11-7-8-20(9-11)15-17-12-5-3-4-6-13(12)19(15)2/h3-6,11H,7-9H2,1-2H3. The number of hydrogen-bond donors (Lipinski definition) is 0. The van der Waals surface area contributed by atoms with Crippen LogP contribution in [-0.2, 0) is 7.05 Å². The Morgan fingerprint density at radius 1 is 1.24 bits per heavy atom. The normalized spacial score (nSPS) is 18.8. The lowest BCUT2D eigenvalue weighted by Crippen LogP contribution is -2.22. The summed E-state index contributed by atoms with van der Waals surface area (Å²) in [5, 5.41) is 3.89. The van der Waals surface area contributed by atoms with E-state index < -0.39 is 0 Å². The molecule has 6 heteroatoms. The van der Waals surface area contributed by atoms with Gasteiger partial charge in [-0.15, -0.1) is 0 Å². The van der Waals surface area contributed by atoms with Gasteiger partial charge in [-0.2, -0.15) is 4.98 Å². The van der Waals surface area contributed by atoms with Gasteiger partial charge in [0.1, 0.15) is 0 Å². The number of hydrogen-bond acceptors (Lipinski definition) is 5. The quantitative estimate of drug-likeness (QED) is 0.722. The van der Waals surface area contributed by atoms with Crippen molar-refractivity contribution in [2.45, 2.75) is 19.3 Å². The van der Waals surface area contributed by atoms with Gasteiger partial charge in [-0.25, -0.2) is 4.98 Å². The third-order valence-electron chi connectivity index (χ3n) is 4.13. The molecule has 1 fully saturated rings. The summed E-state index contributed by atoms with van der Waals surface area (Å²) in [6.45, 7) is 3.69. The largest absolute Gasteiger partial charge is 0.341 e. The summed E-state index contributed by atoms with van der Waals surface area (Å²) >= 11 is 0. The van der Waals surface area contributed by atoms with Gasteiger partial charge in [0.05, 0.1) is 17.0 Å². The summed E-state index contributed by atoms with van der Waals surface area (Å²) < 4.78 is 7.46. The highest BCUT2D eigenvalue weighted by molar-refractivity contribution is 5.78. The Bertz CT molecular complexity index is 790. The summed E-state index contributed by atoms with van der Waals surface area (Å²) in [4.78, 5) is 11.4. The molecule has 0 aliphatic carbocycles. The molecule has 0 saturated carbocycles. The van der Waals surface area contributed by atoms with E-state index in [4.69, 9.17) is 9.51 Å². The van der Waals surface area contributed by atoms with Crippen LogP contribution in [0.4, 0.5) is 5.95 Å². The summed E-state index contributed by atoms with van der Waals surface area (Å²) in [7, 11) is 2.06. The molecule has 1 saturated heterocycles. The molecule has 4 rings (SSSR count). The number of para-hydroxylation sites is 2. The first kappa shape index (κ1) is 12.4. The van der Waals surface area contributed by atoms with Crippen LogP contribution in [-0.4, -0.2) is 32.8 Å². The van der Waals surface area contributed by atoms with Crippen molar-refractivity contribution in [3.05, 3.63) is 36.0 Å². The van der Waals surface area contributed by atoms with E-state index in [2.05, 4.69) is 32.7 Å². The molecular formula is C15H17N5O. The van der Waals surface area contributed by atoms with Gasteiger partial charge >= 0.3 is 0 Å². The lowest BCUT2D eigenvalue weighted by Gasteiger charge is -2.16. The molecule has 0 spiro atoms. The SMILES string of the molecule is Cc1noc(C2CCN(c3nc4ccccc4n3C)C2)n1. The maximum atomic E-state index is 5.31. The second-order valence-corrected chi connectivity index (χ2v) is 5.57. The highest BCUT2D eigenvalue weighted by Crippen LogP contribution is 2.30. The van der Waals surface area contributed by atoms with Gasteiger partial charge in [0, 0.05) is 20.1 Å². The molecule has 1 unspecified atom stereocenters. The van der Waals surface area contributed by atoms with Crippen LogP contribution in [0, 0.1) is 6.92 Å². The summed E-state index contributed by atoms with van der Waals surface area (Å²) in [5.41, 5.74) is 2.19. The maximum Gasteiger partial charge on any atom is 0.231 e. The van der Waals surface area contributed by atoms with Crippen LogP contribution >= 0.6 is 0 Å². The Hall–Kier alpha value is -2.37. The Morgan fingerprint density at radius 3 is 2.86 bits per heavy atom. The van der Waals surface area contributed by atoms with Crippen molar-refractivity contribution in [2.24, 2.45) is 7.05 Å². The van der Waals surface area contributed by atoms with Crippen molar-refractivity contribution in [3.8, 4) is 0 Å². The number of aryl methyl sites for hydroxylation is 2. The van der Waals surface area contributed by atoms with Crippen molar-refractivity contribution >= 4 is 17.0 Å². The minimum absolute atomic E-state index is 0.297. The van der Waals surface area contributed by atoms with Crippen LogP contribution in [0.15, 0.2) is 28.8 Å². The van der Waals surface area contributed by atoms with Gasteiger partial charge < -0.3 is 14.0 Å². The van der Waals surface area contributed by atoms with Gasteiger partial charge in [-0.3, -0.25) is 0 Å². The maximum absolute atomic E-state index is 5.31. The van der Waals surface area contributed by atoms with E-state index in [1.807, 2.05) is 25.1 Å². The number of fused-ring (bicyclic) bond motifs is 1. The van der Waals surface area contributed by atoms with E-state index >= 15 is 0 Å². The number of nitrogens with zero attached hydrogens (tertiary/aromatic N) is 5. The third-order valence-corrected chi connectivity index (χ3v) is 4.13. The molecule has 0 amide bonds. The number of rotatable bonds is 2. The molecule has 1 aromatic carbocycles. The topological polar surface area (TPSA) is 60.0 Å². The van der Waals surface area contributed by atoms with Crippen molar-refractivity contribution in [2.75, 3.05) is 18.0 Å². The Morgan fingerprint density at radius 2 is 2.10 bits per heavy atom. The van der Waals surface area contributed by atoms with E-state index in [1.165, 1.54) is 0 Å². The minimum atomic E-state index is 0.297.